The number of hydrogen-bond acceptors (Lipinski definition) is 4. The smallest absolute Gasteiger partial charge is 0.357 e. The lowest BCUT2D eigenvalue weighted by Crippen LogP contribution is -2.31. The molecular weight excluding hydrogens is 384 g/mol. The van der Waals surface area contributed by atoms with Crippen LogP contribution in [0.25, 0.3) is 0 Å². The summed E-state index contributed by atoms with van der Waals surface area (Å²) >= 11 is 0. The SMILES string of the molecule is N#CCOC(=O)c1ccc(C(c2ccccc2)(c2ccccc2)c2ccccc2)cn1. The van der Waals surface area contributed by atoms with Crippen LogP contribution in [0.5, 0.6) is 0 Å². The number of pyridine rings is 1. The second kappa shape index (κ2) is 9.06. The zero-order chi connectivity index (χ0) is 21.5. The minimum Gasteiger partial charge on any atom is -0.446 e. The van der Waals surface area contributed by atoms with Crippen LogP contribution in [0.1, 0.15) is 32.7 Å². The van der Waals surface area contributed by atoms with Crippen molar-refractivity contribution in [3.63, 3.8) is 0 Å². The molecule has 0 spiro atoms. The van der Waals surface area contributed by atoms with Gasteiger partial charge >= 0.3 is 5.97 Å². The normalized spacial score (nSPS) is 10.8. The van der Waals surface area contributed by atoms with Gasteiger partial charge in [0, 0.05) is 6.20 Å². The third kappa shape index (κ3) is 3.82. The Morgan fingerprint density at radius 2 is 1.23 bits per heavy atom. The molecule has 0 saturated carbocycles. The first-order chi connectivity index (χ1) is 15.3. The predicted octanol–water partition coefficient (Wildman–Crippen LogP) is 5.14. The van der Waals surface area contributed by atoms with E-state index in [0.29, 0.717) is 0 Å². The zero-order valence-electron chi connectivity index (χ0n) is 16.8. The Hall–Kier alpha value is -4.23. The van der Waals surface area contributed by atoms with Crippen molar-refractivity contribution in [2.75, 3.05) is 6.61 Å². The third-order valence-corrected chi connectivity index (χ3v) is 5.29. The third-order valence-electron chi connectivity index (χ3n) is 5.29. The number of rotatable bonds is 6. The summed E-state index contributed by atoms with van der Waals surface area (Å²) in [6.45, 7) is -0.301. The summed E-state index contributed by atoms with van der Waals surface area (Å²) in [7, 11) is 0. The first kappa shape index (κ1) is 20.1. The molecule has 0 unspecified atom stereocenters. The number of nitrogens with zero attached hydrogens (tertiary/aromatic N) is 2. The van der Waals surface area contributed by atoms with E-state index in [-0.39, 0.29) is 12.3 Å². The lowest BCUT2D eigenvalue weighted by molar-refractivity contribution is 0.0548. The molecule has 4 heteroatoms. The summed E-state index contributed by atoms with van der Waals surface area (Å²) in [4.78, 5) is 16.5. The van der Waals surface area contributed by atoms with E-state index in [1.807, 2.05) is 60.7 Å². The highest BCUT2D eigenvalue weighted by Gasteiger charge is 2.38. The Morgan fingerprint density at radius 3 is 1.61 bits per heavy atom. The fourth-order valence-electron chi connectivity index (χ4n) is 3.97. The number of nitriles is 1. The van der Waals surface area contributed by atoms with Crippen molar-refractivity contribution in [1.82, 2.24) is 4.98 Å². The molecule has 0 radical (unpaired) electrons. The van der Waals surface area contributed by atoms with Crippen LogP contribution >= 0.6 is 0 Å². The van der Waals surface area contributed by atoms with Gasteiger partial charge in [0.05, 0.1) is 5.41 Å². The Bertz CT molecular complexity index is 1090. The van der Waals surface area contributed by atoms with E-state index >= 15 is 0 Å². The van der Waals surface area contributed by atoms with Crippen molar-refractivity contribution < 1.29 is 9.53 Å². The number of aromatic nitrogens is 1. The molecule has 0 aliphatic rings. The second-order valence-corrected chi connectivity index (χ2v) is 7.01. The van der Waals surface area contributed by atoms with Gasteiger partial charge in [0.25, 0.3) is 0 Å². The van der Waals surface area contributed by atoms with E-state index in [1.165, 1.54) is 0 Å². The molecule has 0 amide bonds. The Labute approximate surface area is 181 Å². The first-order valence-corrected chi connectivity index (χ1v) is 9.94. The van der Waals surface area contributed by atoms with Gasteiger partial charge in [-0.15, -0.1) is 0 Å². The Balaban J connectivity index is 1.95. The van der Waals surface area contributed by atoms with Gasteiger partial charge in [-0.2, -0.15) is 5.26 Å². The van der Waals surface area contributed by atoms with Crippen LogP contribution in [0.4, 0.5) is 0 Å². The molecule has 4 aromatic rings. The summed E-state index contributed by atoms with van der Waals surface area (Å²) in [5.41, 5.74) is 3.75. The second-order valence-electron chi connectivity index (χ2n) is 7.01. The van der Waals surface area contributed by atoms with Gasteiger partial charge in [-0.3, -0.25) is 0 Å². The molecule has 4 rings (SSSR count). The molecule has 0 aliphatic heterocycles. The molecule has 1 aromatic heterocycles. The molecule has 0 aliphatic carbocycles. The minimum atomic E-state index is -0.619. The highest BCUT2D eigenvalue weighted by atomic mass is 16.5. The van der Waals surface area contributed by atoms with Gasteiger partial charge in [-0.25, -0.2) is 9.78 Å². The molecule has 31 heavy (non-hydrogen) atoms. The van der Waals surface area contributed by atoms with Gasteiger partial charge in [-0.1, -0.05) is 97.1 Å². The van der Waals surface area contributed by atoms with E-state index in [4.69, 9.17) is 10.00 Å². The van der Waals surface area contributed by atoms with Gasteiger partial charge in [0.15, 0.2) is 6.61 Å². The maximum Gasteiger partial charge on any atom is 0.357 e. The van der Waals surface area contributed by atoms with Crippen molar-refractivity contribution >= 4 is 5.97 Å². The van der Waals surface area contributed by atoms with Crippen molar-refractivity contribution in [3.8, 4) is 6.07 Å². The Morgan fingerprint density at radius 1 is 0.742 bits per heavy atom. The highest BCUT2D eigenvalue weighted by molar-refractivity contribution is 5.87. The molecule has 4 nitrogen and oxygen atoms in total. The first-order valence-electron chi connectivity index (χ1n) is 9.94. The average Bonchev–Trinajstić information content (AvgIpc) is 2.85. The van der Waals surface area contributed by atoms with Crippen LogP contribution in [-0.4, -0.2) is 17.6 Å². The molecule has 1 heterocycles. The molecular formula is C27H20N2O2. The molecule has 0 fully saturated rings. The maximum absolute atomic E-state index is 12.1. The van der Waals surface area contributed by atoms with Gasteiger partial charge in [0.1, 0.15) is 11.8 Å². The quantitative estimate of drug-likeness (QED) is 0.330. The highest BCUT2D eigenvalue weighted by Crippen LogP contribution is 2.44. The lowest BCUT2D eigenvalue weighted by atomic mass is 9.65. The standard InChI is InChI=1S/C27H20N2O2/c28-18-19-31-26(30)25-17-16-24(20-29-25)27(21-10-4-1-5-11-21,22-12-6-2-7-13-22)23-14-8-3-9-15-23/h1-17,20H,19H2. The van der Waals surface area contributed by atoms with E-state index in [2.05, 4.69) is 41.4 Å². The minimum absolute atomic E-state index is 0.169. The van der Waals surface area contributed by atoms with Crippen LogP contribution in [-0.2, 0) is 10.2 Å². The molecule has 0 N–H and O–H groups in total. The number of benzene rings is 3. The number of carbonyl (C=O) groups is 1. The van der Waals surface area contributed by atoms with Crippen molar-refractivity contribution in [2.45, 2.75) is 5.41 Å². The Kier molecular flexibility index (Phi) is 5.86. The summed E-state index contributed by atoms with van der Waals surface area (Å²) in [5.74, 6) is -0.613. The summed E-state index contributed by atoms with van der Waals surface area (Å²) in [6, 6.07) is 36.1. The summed E-state index contributed by atoms with van der Waals surface area (Å²) < 4.78 is 4.89. The number of esters is 1. The van der Waals surface area contributed by atoms with Crippen LogP contribution in [0.15, 0.2) is 109 Å². The maximum atomic E-state index is 12.1. The van der Waals surface area contributed by atoms with Crippen molar-refractivity contribution in [1.29, 1.82) is 5.26 Å². The van der Waals surface area contributed by atoms with Crippen molar-refractivity contribution in [2.24, 2.45) is 0 Å². The van der Waals surface area contributed by atoms with E-state index in [0.717, 1.165) is 22.3 Å². The molecule has 0 bridgehead atoms. The largest absolute Gasteiger partial charge is 0.446 e. The predicted molar refractivity (Wildman–Crippen MR) is 118 cm³/mol. The van der Waals surface area contributed by atoms with Crippen molar-refractivity contribution in [3.05, 3.63) is 137 Å². The fourth-order valence-corrected chi connectivity index (χ4v) is 3.97. The molecule has 0 saturated heterocycles. The monoisotopic (exact) mass is 404 g/mol. The van der Waals surface area contributed by atoms with Crippen LogP contribution < -0.4 is 0 Å². The van der Waals surface area contributed by atoms with E-state index in [1.54, 1.807) is 18.3 Å². The summed E-state index contributed by atoms with van der Waals surface area (Å²) in [5, 5.41) is 8.64. The number of ether oxygens (including phenoxy) is 1. The number of carbonyl (C=O) groups excluding carboxylic acids is 1. The average molecular weight is 404 g/mol. The van der Waals surface area contributed by atoms with E-state index < -0.39 is 11.4 Å². The van der Waals surface area contributed by atoms with Crippen LogP contribution in [0.2, 0.25) is 0 Å². The van der Waals surface area contributed by atoms with Gasteiger partial charge < -0.3 is 4.74 Å². The fraction of sp³-hybridized carbons (Fsp3) is 0.0741. The van der Waals surface area contributed by atoms with Crippen LogP contribution in [0.3, 0.4) is 0 Å². The van der Waals surface area contributed by atoms with Crippen LogP contribution in [0, 0.1) is 11.3 Å². The topological polar surface area (TPSA) is 63.0 Å². The zero-order valence-corrected chi connectivity index (χ0v) is 16.8. The van der Waals surface area contributed by atoms with E-state index in [9.17, 15) is 4.79 Å². The number of hydrogen-bond donors (Lipinski definition) is 0. The molecule has 3 aromatic carbocycles. The van der Waals surface area contributed by atoms with Gasteiger partial charge in [-0.05, 0) is 28.3 Å². The molecule has 150 valence electrons. The molecule has 0 atom stereocenters. The summed E-state index contributed by atoms with van der Waals surface area (Å²) in [6.07, 6.45) is 1.72. The van der Waals surface area contributed by atoms with Gasteiger partial charge in [0.2, 0.25) is 0 Å². The lowest BCUT2D eigenvalue weighted by Gasteiger charge is -2.36.